The van der Waals surface area contributed by atoms with Crippen LogP contribution in [-0.2, 0) is 4.79 Å². The first-order valence-corrected chi connectivity index (χ1v) is 5.22. The van der Waals surface area contributed by atoms with E-state index in [2.05, 4.69) is 9.97 Å². The van der Waals surface area contributed by atoms with E-state index in [4.69, 9.17) is 5.11 Å². The van der Waals surface area contributed by atoms with Crippen LogP contribution in [0.2, 0.25) is 0 Å². The molecule has 0 aliphatic rings. The minimum Gasteiger partial charge on any atom is -0.481 e. The molecule has 6 heteroatoms. The molecule has 0 bridgehead atoms. The van der Waals surface area contributed by atoms with Crippen molar-refractivity contribution in [1.29, 1.82) is 0 Å². The van der Waals surface area contributed by atoms with Gasteiger partial charge in [-0.3, -0.25) is 4.79 Å². The summed E-state index contributed by atoms with van der Waals surface area (Å²) in [7, 11) is 0. The summed E-state index contributed by atoms with van der Waals surface area (Å²) < 4.78 is 26.3. The fourth-order valence-corrected chi connectivity index (χ4v) is 1.52. The minimum absolute atomic E-state index is 0.146. The van der Waals surface area contributed by atoms with E-state index < -0.39 is 23.5 Å². The highest BCUT2D eigenvalue weighted by molar-refractivity contribution is 5.74. The van der Waals surface area contributed by atoms with Gasteiger partial charge in [-0.15, -0.1) is 0 Å². The molecular weight excluding hydrogens is 242 g/mol. The number of aliphatic carboxylic acids is 1. The molecule has 1 unspecified atom stereocenters. The third kappa shape index (κ3) is 2.22. The zero-order valence-corrected chi connectivity index (χ0v) is 9.45. The fourth-order valence-electron chi connectivity index (χ4n) is 1.52. The van der Waals surface area contributed by atoms with Gasteiger partial charge >= 0.3 is 5.97 Å². The van der Waals surface area contributed by atoms with Crippen LogP contribution in [-0.4, -0.2) is 21.0 Å². The summed E-state index contributed by atoms with van der Waals surface area (Å²) in [6, 6.07) is 3.16. The average Bonchev–Trinajstić information content (AvgIpc) is 2.77. The van der Waals surface area contributed by atoms with Crippen molar-refractivity contribution in [2.75, 3.05) is 0 Å². The lowest BCUT2D eigenvalue weighted by atomic mass is 10.1. The first kappa shape index (κ1) is 12.2. The Morgan fingerprint density at radius 3 is 2.78 bits per heavy atom. The second kappa shape index (κ2) is 4.56. The molecule has 2 N–H and O–H groups in total. The zero-order chi connectivity index (χ0) is 13.3. The molecule has 0 saturated carbocycles. The van der Waals surface area contributed by atoms with Crippen LogP contribution >= 0.6 is 0 Å². The molecule has 1 heterocycles. The minimum atomic E-state index is -1.03. The van der Waals surface area contributed by atoms with E-state index >= 15 is 0 Å². The number of carboxylic acids is 1. The third-order valence-electron chi connectivity index (χ3n) is 2.60. The van der Waals surface area contributed by atoms with Crippen molar-refractivity contribution in [2.24, 2.45) is 0 Å². The molecule has 0 aliphatic heterocycles. The van der Waals surface area contributed by atoms with Crippen LogP contribution in [0.1, 0.15) is 18.7 Å². The molecule has 94 valence electrons. The van der Waals surface area contributed by atoms with Gasteiger partial charge in [0.25, 0.3) is 0 Å². The number of H-pyrrole nitrogens is 1. The molecule has 0 radical (unpaired) electrons. The summed E-state index contributed by atoms with van der Waals surface area (Å²) in [6.07, 6.45) is 1.32. The summed E-state index contributed by atoms with van der Waals surface area (Å²) in [5.41, 5.74) is 0.461. The quantitative estimate of drug-likeness (QED) is 0.882. The van der Waals surface area contributed by atoms with E-state index in [0.29, 0.717) is 5.69 Å². The number of hydrogen-bond acceptors (Lipinski definition) is 2. The van der Waals surface area contributed by atoms with Crippen molar-refractivity contribution in [3.63, 3.8) is 0 Å². The van der Waals surface area contributed by atoms with Crippen LogP contribution in [0, 0.1) is 11.6 Å². The predicted octanol–water partition coefficient (Wildman–Crippen LogP) is 2.54. The van der Waals surface area contributed by atoms with Crippen molar-refractivity contribution < 1.29 is 18.7 Å². The molecule has 0 fully saturated rings. The number of nitrogens with zero attached hydrogens (tertiary/aromatic N) is 1. The maximum Gasteiger partial charge on any atom is 0.313 e. The van der Waals surface area contributed by atoms with Gasteiger partial charge in [-0.25, -0.2) is 13.8 Å². The van der Waals surface area contributed by atoms with Crippen LogP contribution in [0.25, 0.3) is 11.3 Å². The molecule has 18 heavy (non-hydrogen) atoms. The lowest BCUT2D eigenvalue weighted by Crippen LogP contribution is -2.08. The molecule has 2 rings (SSSR count). The number of aromatic amines is 1. The SMILES string of the molecule is CC(C(=O)O)c1ncc(-c2ccc(F)cc2F)[nH]1. The van der Waals surface area contributed by atoms with E-state index in [1.165, 1.54) is 19.2 Å². The molecule has 0 aliphatic carbocycles. The number of hydrogen-bond donors (Lipinski definition) is 2. The van der Waals surface area contributed by atoms with Crippen LogP contribution in [0.15, 0.2) is 24.4 Å². The van der Waals surface area contributed by atoms with E-state index in [1.807, 2.05) is 0 Å². The number of aromatic nitrogens is 2. The molecule has 0 saturated heterocycles. The molecule has 4 nitrogen and oxygen atoms in total. The van der Waals surface area contributed by atoms with Gasteiger partial charge in [-0.1, -0.05) is 0 Å². The predicted molar refractivity (Wildman–Crippen MR) is 60.0 cm³/mol. The van der Waals surface area contributed by atoms with E-state index in [1.54, 1.807) is 0 Å². The average molecular weight is 252 g/mol. The number of halogens is 2. The Hall–Kier alpha value is -2.24. The van der Waals surface area contributed by atoms with E-state index in [9.17, 15) is 13.6 Å². The van der Waals surface area contributed by atoms with Gasteiger partial charge in [0, 0.05) is 11.6 Å². The summed E-state index contributed by atoms with van der Waals surface area (Å²) >= 11 is 0. The van der Waals surface area contributed by atoms with Crippen LogP contribution in [0.4, 0.5) is 8.78 Å². The van der Waals surface area contributed by atoms with Gasteiger partial charge in [0.05, 0.1) is 11.9 Å². The van der Waals surface area contributed by atoms with Gasteiger partial charge in [-0.05, 0) is 19.1 Å². The summed E-state index contributed by atoms with van der Waals surface area (Å²) in [6.45, 7) is 1.46. The second-order valence-corrected chi connectivity index (χ2v) is 3.87. The fraction of sp³-hybridized carbons (Fsp3) is 0.167. The van der Waals surface area contributed by atoms with Gasteiger partial charge < -0.3 is 10.1 Å². The van der Waals surface area contributed by atoms with Gasteiger partial charge in [0.15, 0.2) is 0 Å². The third-order valence-corrected chi connectivity index (χ3v) is 2.60. The van der Waals surface area contributed by atoms with E-state index in [0.717, 1.165) is 12.1 Å². The highest BCUT2D eigenvalue weighted by Crippen LogP contribution is 2.23. The molecular formula is C12H10F2N2O2. The van der Waals surface area contributed by atoms with Gasteiger partial charge in [0.1, 0.15) is 23.4 Å². The number of rotatable bonds is 3. The Labute approximate surface area is 101 Å². The van der Waals surface area contributed by atoms with Crippen molar-refractivity contribution in [3.05, 3.63) is 41.9 Å². The number of nitrogens with one attached hydrogen (secondary N) is 1. The smallest absolute Gasteiger partial charge is 0.313 e. The van der Waals surface area contributed by atoms with Crippen LogP contribution < -0.4 is 0 Å². The second-order valence-electron chi connectivity index (χ2n) is 3.87. The maximum atomic E-state index is 13.5. The molecule has 1 aromatic carbocycles. The number of imidazole rings is 1. The molecule has 1 atom stereocenters. The monoisotopic (exact) mass is 252 g/mol. The standard InChI is InChI=1S/C12H10F2N2O2/c1-6(12(17)18)11-15-5-10(16-11)8-3-2-7(13)4-9(8)14/h2-6H,1H3,(H,15,16)(H,17,18). The van der Waals surface area contributed by atoms with Crippen molar-refractivity contribution >= 4 is 5.97 Å². The van der Waals surface area contributed by atoms with Crippen molar-refractivity contribution in [2.45, 2.75) is 12.8 Å². The molecule has 2 aromatic rings. The lowest BCUT2D eigenvalue weighted by Gasteiger charge is -2.02. The number of carbonyl (C=O) groups is 1. The Kier molecular flexibility index (Phi) is 3.10. The largest absolute Gasteiger partial charge is 0.481 e. The number of benzene rings is 1. The first-order valence-electron chi connectivity index (χ1n) is 5.22. The summed E-state index contributed by atoms with van der Waals surface area (Å²) in [5, 5.41) is 8.82. The highest BCUT2D eigenvalue weighted by atomic mass is 19.1. The topological polar surface area (TPSA) is 66.0 Å². The van der Waals surface area contributed by atoms with Crippen LogP contribution in [0.3, 0.4) is 0 Å². The summed E-state index contributed by atoms with van der Waals surface area (Å²) in [5.74, 6) is -3.03. The summed E-state index contributed by atoms with van der Waals surface area (Å²) in [4.78, 5) is 17.4. The Morgan fingerprint density at radius 1 is 1.44 bits per heavy atom. The lowest BCUT2D eigenvalue weighted by molar-refractivity contribution is -0.138. The Balaban J connectivity index is 2.38. The normalized spacial score (nSPS) is 12.4. The van der Waals surface area contributed by atoms with Gasteiger partial charge in [0.2, 0.25) is 0 Å². The van der Waals surface area contributed by atoms with Crippen molar-refractivity contribution in [1.82, 2.24) is 9.97 Å². The maximum absolute atomic E-state index is 13.5. The molecule has 0 amide bonds. The number of carboxylic acid groups (broad SMARTS) is 1. The van der Waals surface area contributed by atoms with E-state index in [-0.39, 0.29) is 11.4 Å². The van der Waals surface area contributed by atoms with Crippen molar-refractivity contribution in [3.8, 4) is 11.3 Å². The molecule has 1 aromatic heterocycles. The highest BCUT2D eigenvalue weighted by Gasteiger charge is 2.18. The zero-order valence-electron chi connectivity index (χ0n) is 9.45. The Bertz CT molecular complexity index is 596. The first-order chi connectivity index (χ1) is 8.49. The molecule has 0 spiro atoms. The van der Waals surface area contributed by atoms with Crippen LogP contribution in [0.5, 0.6) is 0 Å². The van der Waals surface area contributed by atoms with Gasteiger partial charge in [-0.2, -0.15) is 0 Å². The Morgan fingerprint density at radius 2 is 2.17 bits per heavy atom.